The largest absolute Gasteiger partial charge is 3.00 e. The minimum atomic E-state index is -1.75. The molecule has 0 aromatic carbocycles. The first-order valence-electron chi connectivity index (χ1n) is 3.83. The van der Waals surface area contributed by atoms with E-state index in [4.69, 9.17) is 107 Å². The van der Waals surface area contributed by atoms with E-state index in [0.29, 0.717) is 0 Å². The SMILES string of the molecule is O=[N+]([O-])[O-].O=[N+]([O-])[O-].O=[N+]([O-])[O-].O=[N+]([O-])[O-].O=[N+]([O-])[O-].O=[N+]([O-])[O-].O=[N+]([O-])[O-].[Al+3].[Ca+2].[Cu+2]. The molecule has 0 aromatic rings. The average molecular weight is 565 g/mol. The molecule has 0 heterocycles. The van der Waals surface area contributed by atoms with Crippen molar-refractivity contribution >= 4 is 55.1 Å². The number of nitrogens with zero attached hydrogens (tertiary/aromatic N) is 7. The summed E-state index contributed by atoms with van der Waals surface area (Å²) in [7, 11) is 0. The van der Waals surface area contributed by atoms with E-state index in [0.717, 1.165) is 0 Å². The molecule has 0 amide bonds. The van der Waals surface area contributed by atoms with Crippen LogP contribution in [0.15, 0.2) is 0 Å². The zero-order chi connectivity index (χ0) is 25.0. The topological polar surface area (TPSA) is 463 Å². The predicted octanol–water partition coefficient (Wildman–Crippen LogP) is -2.44. The summed E-state index contributed by atoms with van der Waals surface area (Å²) in [6, 6.07) is 0. The third-order valence-electron chi connectivity index (χ3n) is 0. The van der Waals surface area contributed by atoms with Crippen LogP contribution in [0.2, 0.25) is 0 Å². The zero-order valence-electron chi connectivity index (χ0n) is 13.3. The molecule has 0 rings (SSSR count). The third-order valence-corrected chi connectivity index (χ3v) is 0. The molecule has 0 fully saturated rings. The number of hydrogen-bond acceptors (Lipinski definition) is 21. The van der Waals surface area contributed by atoms with E-state index in [9.17, 15) is 0 Å². The van der Waals surface area contributed by atoms with E-state index in [-0.39, 0.29) is 72.2 Å². The molecule has 28 nitrogen and oxygen atoms in total. The van der Waals surface area contributed by atoms with Crippen molar-refractivity contribution < 1.29 is 52.7 Å². The van der Waals surface area contributed by atoms with E-state index < -0.39 is 35.6 Å². The van der Waals surface area contributed by atoms with Crippen molar-refractivity contribution in [3.63, 3.8) is 0 Å². The molecule has 0 N–H and O–H groups in total. The van der Waals surface area contributed by atoms with Gasteiger partial charge in [-0.1, -0.05) is 0 Å². The van der Waals surface area contributed by atoms with Crippen molar-refractivity contribution in [3.05, 3.63) is 107 Å². The standard InChI is InChI=1S/Al.Ca.Cu.7NO3/c;;;7*2-1(3)4/q+3;2*+2;7*-1. The summed E-state index contributed by atoms with van der Waals surface area (Å²) < 4.78 is 0. The Morgan fingerprint density at radius 3 is 0.290 bits per heavy atom. The third kappa shape index (κ3) is 1510. The number of rotatable bonds is 0. The predicted molar refractivity (Wildman–Crippen MR) is 84.0 cm³/mol. The molecule has 0 spiro atoms. The summed E-state index contributed by atoms with van der Waals surface area (Å²) in [5.74, 6) is 0. The first-order valence-corrected chi connectivity index (χ1v) is 3.83. The molecule has 31 heavy (non-hydrogen) atoms. The molecule has 0 atom stereocenters. The van der Waals surface area contributed by atoms with Gasteiger partial charge in [-0.05, 0) is 0 Å². The van der Waals surface area contributed by atoms with Crippen LogP contribution >= 0.6 is 0 Å². The van der Waals surface area contributed by atoms with Gasteiger partial charge in [-0.3, -0.25) is 0 Å². The van der Waals surface area contributed by atoms with E-state index in [1.165, 1.54) is 0 Å². The van der Waals surface area contributed by atoms with Gasteiger partial charge in [0.1, 0.15) is 0 Å². The maximum Gasteiger partial charge on any atom is 3.00 e. The zero-order valence-corrected chi connectivity index (χ0v) is 17.6. The van der Waals surface area contributed by atoms with E-state index >= 15 is 0 Å². The summed E-state index contributed by atoms with van der Waals surface area (Å²) >= 11 is 0. The molecule has 31 heteroatoms. The van der Waals surface area contributed by atoms with Gasteiger partial charge in [0.2, 0.25) is 0 Å². The van der Waals surface area contributed by atoms with Gasteiger partial charge in [-0.2, -0.15) is 0 Å². The summed E-state index contributed by atoms with van der Waals surface area (Å²) in [5.41, 5.74) is 0. The van der Waals surface area contributed by atoms with Gasteiger partial charge >= 0.3 is 72.2 Å². The quantitative estimate of drug-likeness (QED) is 0.167. The Morgan fingerprint density at radius 1 is 0.290 bits per heavy atom. The molecule has 0 saturated heterocycles. The van der Waals surface area contributed by atoms with Gasteiger partial charge in [0.05, 0.1) is 35.6 Å². The van der Waals surface area contributed by atoms with Crippen molar-refractivity contribution in [1.29, 1.82) is 0 Å². The Hall–Kier alpha value is -3.29. The van der Waals surface area contributed by atoms with Crippen LogP contribution in [-0.4, -0.2) is 90.7 Å². The Morgan fingerprint density at radius 2 is 0.290 bits per heavy atom. The Labute approximate surface area is 214 Å². The fourth-order valence-corrected chi connectivity index (χ4v) is 0. The van der Waals surface area contributed by atoms with Crippen molar-refractivity contribution in [2.24, 2.45) is 0 Å². The van der Waals surface area contributed by atoms with Crippen LogP contribution in [-0.2, 0) is 17.1 Å². The van der Waals surface area contributed by atoms with Crippen LogP contribution in [0.25, 0.3) is 0 Å². The molecule has 0 unspecified atom stereocenters. The fraction of sp³-hybridized carbons (Fsp3) is 0. The summed E-state index contributed by atoms with van der Waals surface area (Å²) in [5, 5.41) is 103. The molecule has 0 saturated carbocycles. The van der Waals surface area contributed by atoms with E-state index in [1.807, 2.05) is 0 Å². The molecule has 0 bridgehead atoms. The van der Waals surface area contributed by atoms with Crippen LogP contribution in [0.1, 0.15) is 0 Å². The van der Waals surface area contributed by atoms with Crippen LogP contribution < -0.4 is 0 Å². The molecule has 0 aliphatic carbocycles. The fourth-order valence-electron chi connectivity index (χ4n) is 0. The monoisotopic (exact) mass is 564 g/mol. The maximum atomic E-state index is 8.25. The van der Waals surface area contributed by atoms with Gasteiger partial charge in [0, 0.05) is 0 Å². The first-order chi connectivity index (χ1) is 12.1. The van der Waals surface area contributed by atoms with Crippen molar-refractivity contribution in [3.8, 4) is 0 Å². The van der Waals surface area contributed by atoms with Crippen molar-refractivity contribution in [1.82, 2.24) is 0 Å². The smallest absolute Gasteiger partial charge is 0.356 e. The van der Waals surface area contributed by atoms with Gasteiger partial charge in [-0.15, -0.1) is 0 Å². The van der Waals surface area contributed by atoms with Crippen LogP contribution in [0, 0.1) is 107 Å². The van der Waals surface area contributed by atoms with Crippen molar-refractivity contribution in [2.45, 2.75) is 0 Å². The number of hydrogen-bond donors (Lipinski definition) is 0. The molecule has 177 valence electrons. The Balaban J connectivity index is -0.0000000204. The molecule has 0 aliphatic heterocycles. The summed E-state index contributed by atoms with van der Waals surface area (Å²) in [6.07, 6.45) is 0. The van der Waals surface area contributed by atoms with E-state index in [2.05, 4.69) is 0 Å². The second-order valence-electron chi connectivity index (χ2n) is 1.57. The van der Waals surface area contributed by atoms with Crippen LogP contribution in [0.4, 0.5) is 0 Å². The average Bonchev–Trinajstić information content (AvgIpc) is 2.20. The van der Waals surface area contributed by atoms with Gasteiger partial charge in [0.25, 0.3) is 0 Å². The van der Waals surface area contributed by atoms with Gasteiger partial charge in [0.15, 0.2) is 0 Å². The molecule has 0 aliphatic rings. The minimum absolute atomic E-state index is 0. The van der Waals surface area contributed by atoms with Crippen LogP contribution in [0.5, 0.6) is 0 Å². The summed E-state index contributed by atoms with van der Waals surface area (Å²) in [4.78, 5) is 57.8. The van der Waals surface area contributed by atoms with Crippen LogP contribution in [0.3, 0.4) is 0 Å². The molecule has 0 aromatic heterocycles. The molecular weight excluding hydrogens is 565 g/mol. The van der Waals surface area contributed by atoms with Crippen molar-refractivity contribution in [2.75, 3.05) is 0 Å². The Bertz CT molecular complexity index is 321. The second-order valence-corrected chi connectivity index (χ2v) is 1.57. The first kappa shape index (κ1) is 63.0. The summed E-state index contributed by atoms with van der Waals surface area (Å²) in [6.45, 7) is 0. The molecule has 1 radical (unpaired) electrons. The van der Waals surface area contributed by atoms with Gasteiger partial charge < -0.3 is 107 Å². The van der Waals surface area contributed by atoms with E-state index in [1.54, 1.807) is 0 Å². The maximum absolute atomic E-state index is 8.25. The molecular formula is AlCaCuN7O21. The van der Waals surface area contributed by atoms with Gasteiger partial charge in [-0.25, -0.2) is 0 Å². The second kappa shape index (κ2) is 56.3. The Kier molecular flexibility index (Phi) is 114. The normalized spacial score (nSPS) is 5.42. The minimum Gasteiger partial charge on any atom is -0.356 e.